The van der Waals surface area contributed by atoms with Crippen LogP contribution in [0.15, 0.2) is 35.5 Å². The van der Waals surface area contributed by atoms with Crippen molar-refractivity contribution in [3.05, 3.63) is 46.7 Å². The third kappa shape index (κ3) is 3.19. The highest BCUT2D eigenvalue weighted by Gasteiger charge is 2.35. The standard InChI is InChI=1S/C17H19N3O3/c1-4-8-20-11(2)14(16(21)23-3)15(19-17(20)22)13-7-5-6-12(9-13)10-18/h5-7,9,15H,4,8H2,1-3H3,(H,19,22). The van der Waals surface area contributed by atoms with Crippen molar-refractivity contribution in [1.29, 1.82) is 5.26 Å². The Bertz CT molecular complexity index is 703. The maximum absolute atomic E-state index is 12.4. The zero-order chi connectivity index (χ0) is 17.0. The van der Waals surface area contributed by atoms with Crippen LogP contribution in [0.2, 0.25) is 0 Å². The Morgan fingerprint density at radius 3 is 2.83 bits per heavy atom. The molecule has 0 spiro atoms. The molecule has 0 bridgehead atoms. The molecule has 1 aliphatic heterocycles. The monoisotopic (exact) mass is 313 g/mol. The van der Waals surface area contributed by atoms with E-state index in [1.807, 2.05) is 6.92 Å². The van der Waals surface area contributed by atoms with Gasteiger partial charge in [-0.1, -0.05) is 19.1 Å². The van der Waals surface area contributed by atoms with Gasteiger partial charge in [0.05, 0.1) is 30.4 Å². The van der Waals surface area contributed by atoms with Crippen LogP contribution < -0.4 is 5.32 Å². The highest BCUT2D eigenvalue weighted by molar-refractivity contribution is 5.95. The van der Waals surface area contributed by atoms with E-state index < -0.39 is 12.0 Å². The molecular weight excluding hydrogens is 294 g/mol. The van der Waals surface area contributed by atoms with Gasteiger partial charge in [-0.25, -0.2) is 9.59 Å². The van der Waals surface area contributed by atoms with Gasteiger partial charge in [-0.15, -0.1) is 0 Å². The Balaban J connectivity index is 2.55. The molecule has 1 aliphatic rings. The van der Waals surface area contributed by atoms with Crippen molar-refractivity contribution in [3.63, 3.8) is 0 Å². The highest BCUT2D eigenvalue weighted by Crippen LogP contribution is 2.31. The fourth-order valence-corrected chi connectivity index (χ4v) is 2.69. The minimum absolute atomic E-state index is 0.260. The lowest BCUT2D eigenvalue weighted by Gasteiger charge is -2.35. The van der Waals surface area contributed by atoms with Crippen molar-refractivity contribution >= 4 is 12.0 Å². The SMILES string of the molecule is CCCN1C(=O)NC(c2cccc(C#N)c2)C(C(=O)OC)=C1C. The molecule has 1 aromatic carbocycles. The number of hydrogen-bond acceptors (Lipinski definition) is 4. The van der Waals surface area contributed by atoms with Crippen molar-refractivity contribution in [3.8, 4) is 6.07 Å². The van der Waals surface area contributed by atoms with E-state index in [0.717, 1.165) is 6.42 Å². The van der Waals surface area contributed by atoms with Crippen molar-refractivity contribution in [1.82, 2.24) is 10.2 Å². The number of rotatable bonds is 4. The second kappa shape index (κ2) is 6.97. The Morgan fingerprint density at radius 1 is 1.48 bits per heavy atom. The molecular formula is C17H19N3O3. The molecule has 120 valence electrons. The number of hydrogen-bond donors (Lipinski definition) is 1. The second-order valence-electron chi connectivity index (χ2n) is 5.26. The van der Waals surface area contributed by atoms with Crippen LogP contribution in [0.5, 0.6) is 0 Å². The van der Waals surface area contributed by atoms with Crippen molar-refractivity contribution in [2.75, 3.05) is 13.7 Å². The number of nitrogens with zero attached hydrogens (tertiary/aromatic N) is 2. The van der Waals surface area contributed by atoms with Crippen LogP contribution in [0.4, 0.5) is 4.79 Å². The molecule has 1 atom stereocenters. The number of amides is 2. The van der Waals surface area contributed by atoms with E-state index >= 15 is 0 Å². The number of methoxy groups -OCH3 is 1. The van der Waals surface area contributed by atoms with Gasteiger partial charge < -0.3 is 10.1 Å². The second-order valence-corrected chi connectivity index (χ2v) is 5.26. The fourth-order valence-electron chi connectivity index (χ4n) is 2.69. The Labute approximate surface area is 135 Å². The third-order valence-electron chi connectivity index (χ3n) is 3.80. The average molecular weight is 313 g/mol. The van der Waals surface area contributed by atoms with E-state index in [0.29, 0.717) is 28.9 Å². The molecule has 1 N–H and O–H groups in total. The van der Waals surface area contributed by atoms with Crippen molar-refractivity contribution in [2.45, 2.75) is 26.3 Å². The first-order valence-electron chi connectivity index (χ1n) is 7.40. The zero-order valence-electron chi connectivity index (χ0n) is 13.4. The van der Waals surface area contributed by atoms with Crippen LogP contribution in [0.1, 0.15) is 37.4 Å². The van der Waals surface area contributed by atoms with E-state index in [9.17, 15) is 9.59 Å². The average Bonchev–Trinajstić information content (AvgIpc) is 2.57. The molecule has 0 saturated heterocycles. The minimum Gasteiger partial charge on any atom is -0.466 e. The molecule has 0 aromatic heterocycles. The van der Waals surface area contributed by atoms with Crippen LogP contribution in [0.3, 0.4) is 0 Å². The fraction of sp³-hybridized carbons (Fsp3) is 0.353. The number of nitrogens with one attached hydrogen (secondary N) is 1. The van der Waals surface area contributed by atoms with Crippen molar-refractivity contribution in [2.24, 2.45) is 0 Å². The van der Waals surface area contributed by atoms with Crippen molar-refractivity contribution < 1.29 is 14.3 Å². The summed E-state index contributed by atoms with van der Waals surface area (Å²) in [6.07, 6.45) is 0.772. The maximum Gasteiger partial charge on any atom is 0.337 e. The van der Waals surface area contributed by atoms with Gasteiger partial charge >= 0.3 is 12.0 Å². The summed E-state index contributed by atoms with van der Waals surface area (Å²) in [6, 6.07) is 8.01. The molecule has 1 aromatic rings. The van der Waals surface area contributed by atoms with E-state index in [-0.39, 0.29) is 6.03 Å². The molecule has 0 saturated carbocycles. The van der Waals surface area contributed by atoms with E-state index in [1.165, 1.54) is 12.0 Å². The summed E-state index contributed by atoms with van der Waals surface area (Å²) in [7, 11) is 1.31. The van der Waals surface area contributed by atoms with Gasteiger partial charge in [-0.3, -0.25) is 4.90 Å². The molecule has 2 amide bonds. The largest absolute Gasteiger partial charge is 0.466 e. The summed E-state index contributed by atoms with van der Waals surface area (Å²) < 4.78 is 4.89. The lowest BCUT2D eigenvalue weighted by molar-refractivity contribution is -0.136. The number of allylic oxidation sites excluding steroid dienone is 1. The molecule has 1 unspecified atom stereocenters. The third-order valence-corrected chi connectivity index (χ3v) is 3.80. The summed E-state index contributed by atoms with van der Waals surface area (Å²) in [5.74, 6) is -0.490. The van der Waals surface area contributed by atoms with Gasteiger partial charge in [-0.05, 0) is 31.0 Å². The van der Waals surface area contributed by atoms with Crippen LogP contribution in [-0.4, -0.2) is 30.6 Å². The Kier molecular flexibility index (Phi) is 5.02. The minimum atomic E-state index is -0.628. The summed E-state index contributed by atoms with van der Waals surface area (Å²) in [5, 5.41) is 11.9. The number of carbonyl (C=O) groups is 2. The van der Waals surface area contributed by atoms with Crippen LogP contribution in [0.25, 0.3) is 0 Å². The Hall–Kier alpha value is -2.81. The number of ether oxygens (including phenoxy) is 1. The normalized spacial score (nSPS) is 17.6. The predicted molar refractivity (Wildman–Crippen MR) is 84.1 cm³/mol. The lowest BCUT2D eigenvalue weighted by Crippen LogP contribution is -2.48. The summed E-state index contributed by atoms with van der Waals surface area (Å²) in [6.45, 7) is 4.21. The van der Waals surface area contributed by atoms with Gasteiger partial charge in [0, 0.05) is 12.2 Å². The van der Waals surface area contributed by atoms with Crippen LogP contribution >= 0.6 is 0 Å². The highest BCUT2D eigenvalue weighted by atomic mass is 16.5. The first-order valence-corrected chi connectivity index (χ1v) is 7.40. The number of esters is 1. The van der Waals surface area contributed by atoms with Gasteiger partial charge in [0.15, 0.2) is 0 Å². The summed E-state index contributed by atoms with van der Waals surface area (Å²) >= 11 is 0. The molecule has 23 heavy (non-hydrogen) atoms. The summed E-state index contributed by atoms with van der Waals surface area (Å²) in [5.41, 5.74) is 2.10. The number of carbonyl (C=O) groups excluding carboxylic acids is 2. The maximum atomic E-state index is 12.4. The lowest BCUT2D eigenvalue weighted by atomic mass is 9.94. The van der Waals surface area contributed by atoms with Crippen LogP contribution in [0, 0.1) is 11.3 Å². The van der Waals surface area contributed by atoms with E-state index in [4.69, 9.17) is 10.00 Å². The predicted octanol–water partition coefficient (Wildman–Crippen LogP) is 2.48. The molecule has 0 radical (unpaired) electrons. The molecule has 1 heterocycles. The van der Waals surface area contributed by atoms with Gasteiger partial charge in [0.2, 0.25) is 0 Å². The number of nitriles is 1. The smallest absolute Gasteiger partial charge is 0.337 e. The van der Waals surface area contributed by atoms with E-state index in [1.54, 1.807) is 31.2 Å². The summed E-state index contributed by atoms with van der Waals surface area (Å²) in [4.78, 5) is 26.1. The molecule has 6 heteroatoms. The Morgan fingerprint density at radius 2 is 2.22 bits per heavy atom. The number of urea groups is 1. The van der Waals surface area contributed by atoms with Gasteiger partial charge in [0.1, 0.15) is 0 Å². The molecule has 2 rings (SSSR count). The topological polar surface area (TPSA) is 82.4 Å². The quantitative estimate of drug-likeness (QED) is 0.866. The first-order chi connectivity index (χ1) is 11.0. The zero-order valence-corrected chi connectivity index (χ0v) is 13.4. The van der Waals surface area contributed by atoms with Gasteiger partial charge in [0.25, 0.3) is 0 Å². The van der Waals surface area contributed by atoms with Gasteiger partial charge in [-0.2, -0.15) is 5.26 Å². The van der Waals surface area contributed by atoms with E-state index in [2.05, 4.69) is 11.4 Å². The first kappa shape index (κ1) is 16.6. The molecule has 6 nitrogen and oxygen atoms in total. The molecule has 0 aliphatic carbocycles. The van der Waals surface area contributed by atoms with Crippen LogP contribution in [-0.2, 0) is 9.53 Å². The number of benzene rings is 1. The molecule has 0 fully saturated rings.